The van der Waals surface area contributed by atoms with Crippen LogP contribution < -0.4 is 0 Å². The highest BCUT2D eigenvalue weighted by Crippen LogP contribution is 2.23. The number of nitrogens with zero attached hydrogens (tertiary/aromatic N) is 4. The fourth-order valence-corrected chi connectivity index (χ4v) is 3.53. The van der Waals surface area contributed by atoms with Crippen molar-refractivity contribution in [2.45, 2.75) is 46.1 Å². The van der Waals surface area contributed by atoms with Crippen LogP contribution in [0, 0.1) is 5.92 Å². The molecule has 0 spiro atoms. The van der Waals surface area contributed by atoms with E-state index in [-0.39, 0.29) is 5.91 Å². The fraction of sp³-hybridized carbons (Fsp3) is 0.526. The molecular formula is C19H26N4O. The normalized spacial score (nSPS) is 17.9. The average Bonchev–Trinajstić information content (AvgIpc) is 3.04. The molecule has 24 heavy (non-hydrogen) atoms. The number of likely N-dealkylation sites (tertiary alicyclic amines) is 1. The van der Waals surface area contributed by atoms with Crippen LogP contribution in [0.15, 0.2) is 30.6 Å². The zero-order valence-corrected chi connectivity index (χ0v) is 14.6. The maximum atomic E-state index is 11.6. The Kier molecular flexibility index (Phi) is 5.28. The molecule has 0 N–H and O–H groups in total. The lowest BCUT2D eigenvalue weighted by Crippen LogP contribution is -2.39. The zero-order chi connectivity index (χ0) is 16.9. The summed E-state index contributed by atoms with van der Waals surface area (Å²) in [5.74, 6) is 0.733. The third-order valence-corrected chi connectivity index (χ3v) is 4.73. The average molecular weight is 326 g/mol. The van der Waals surface area contributed by atoms with Crippen molar-refractivity contribution in [1.82, 2.24) is 19.7 Å². The molecule has 2 aromatic rings. The Hall–Kier alpha value is -2.17. The molecule has 5 nitrogen and oxygen atoms in total. The number of carbonyl (C=O) groups is 1. The monoisotopic (exact) mass is 326 g/mol. The SMILES string of the molecule is CCCn1nccc1-c1cc(C[C@@H]2CCCN(C(C)=O)C2)ccn1. The van der Waals surface area contributed by atoms with Crippen LogP contribution in [0.1, 0.15) is 38.7 Å². The van der Waals surface area contributed by atoms with Gasteiger partial charge in [-0.05, 0) is 55.4 Å². The minimum absolute atomic E-state index is 0.193. The van der Waals surface area contributed by atoms with Crippen LogP contribution in [0.3, 0.4) is 0 Å². The van der Waals surface area contributed by atoms with Gasteiger partial charge in [0.15, 0.2) is 0 Å². The van der Waals surface area contributed by atoms with Gasteiger partial charge in [-0.3, -0.25) is 14.5 Å². The second-order valence-electron chi connectivity index (χ2n) is 6.67. The van der Waals surface area contributed by atoms with E-state index >= 15 is 0 Å². The lowest BCUT2D eigenvalue weighted by molar-refractivity contribution is -0.130. The van der Waals surface area contributed by atoms with Crippen molar-refractivity contribution in [3.63, 3.8) is 0 Å². The Morgan fingerprint density at radius 2 is 2.21 bits per heavy atom. The topological polar surface area (TPSA) is 51.0 Å². The summed E-state index contributed by atoms with van der Waals surface area (Å²) in [5, 5.41) is 4.39. The highest BCUT2D eigenvalue weighted by Gasteiger charge is 2.22. The van der Waals surface area contributed by atoms with Crippen LogP contribution in [-0.4, -0.2) is 38.7 Å². The lowest BCUT2D eigenvalue weighted by Gasteiger charge is -2.32. The Morgan fingerprint density at radius 3 is 3.00 bits per heavy atom. The largest absolute Gasteiger partial charge is 0.343 e. The number of piperidine rings is 1. The summed E-state index contributed by atoms with van der Waals surface area (Å²) >= 11 is 0. The van der Waals surface area contributed by atoms with Gasteiger partial charge in [-0.1, -0.05) is 6.92 Å². The quantitative estimate of drug-likeness (QED) is 0.848. The fourth-order valence-electron chi connectivity index (χ4n) is 3.53. The van der Waals surface area contributed by atoms with E-state index in [0.29, 0.717) is 5.92 Å². The molecule has 1 fully saturated rings. The standard InChI is InChI=1S/C19H26N4O/c1-3-10-23-19(7-9-21-23)18-13-16(6-8-20-18)12-17-5-4-11-22(14-17)15(2)24/h6-9,13,17H,3-5,10-12,14H2,1-2H3/t17-/m0/s1. The van der Waals surface area contributed by atoms with Gasteiger partial charge in [0, 0.05) is 39.0 Å². The predicted molar refractivity (Wildman–Crippen MR) is 94.4 cm³/mol. The van der Waals surface area contributed by atoms with Crippen molar-refractivity contribution in [2.24, 2.45) is 5.92 Å². The molecule has 1 saturated heterocycles. The third-order valence-electron chi connectivity index (χ3n) is 4.73. The van der Waals surface area contributed by atoms with Crippen LogP contribution >= 0.6 is 0 Å². The molecule has 3 heterocycles. The van der Waals surface area contributed by atoms with Crippen molar-refractivity contribution >= 4 is 5.91 Å². The van der Waals surface area contributed by atoms with Gasteiger partial charge in [-0.2, -0.15) is 5.10 Å². The first-order chi connectivity index (χ1) is 11.7. The summed E-state index contributed by atoms with van der Waals surface area (Å²) < 4.78 is 2.02. The van der Waals surface area contributed by atoms with Crippen molar-refractivity contribution < 1.29 is 4.79 Å². The molecule has 128 valence electrons. The first-order valence-corrected chi connectivity index (χ1v) is 8.90. The van der Waals surface area contributed by atoms with Gasteiger partial charge in [0.2, 0.25) is 5.91 Å². The summed E-state index contributed by atoms with van der Waals surface area (Å²) in [6.45, 7) is 6.51. The highest BCUT2D eigenvalue weighted by atomic mass is 16.2. The van der Waals surface area contributed by atoms with E-state index in [1.54, 1.807) is 6.92 Å². The van der Waals surface area contributed by atoms with Gasteiger partial charge in [-0.15, -0.1) is 0 Å². The van der Waals surface area contributed by atoms with Crippen LogP contribution in [0.2, 0.25) is 0 Å². The van der Waals surface area contributed by atoms with Crippen molar-refractivity contribution in [3.05, 3.63) is 36.2 Å². The Morgan fingerprint density at radius 1 is 1.33 bits per heavy atom. The molecule has 0 unspecified atom stereocenters. The maximum absolute atomic E-state index is 11.6. The van der Waals surface area contributed by atoms with Crippen molar-refractivity contribution in [3.8, 4) is 11.4 Å². The zero-order valence-electron chi connectivity index (χ0n) is 14.6. The van der Waals surface area contributed by atoms with Crippen LogP contribution in [-0.2, 0) is 17.8 Å². The van der Waals surface area contributed by atoms with Gasteiger partial charge in [0.05, 0.1) is 11.4 Å². The van der Waals surface area contributed by atoms with Gasteiger partial charge in [-0.25, -0.2) is 0 Å². The third kappa shape index (κ3) is 3.83. The maximum Gasteiger partial charge on any atom is 0.219 e. The van der Waals surface area contributed by atoms with E-state index in [0.717, 1.165) is 50.3 Å². The highest BCUT2D eigenvalue weighted by molar-refractivity contribution is 5.73. The van der Waals surface area contributed by atoms with Crippen LogP contribution in [0.4, 0.5) is 0 Å². The van der Waals surface area contributed by atoms with Crippen molar-refractivity contribution in [2.75, 3.05) is 13.1 Å². The Bertz CT molecular complexity index is 694. The first-order valence-electron chi connectivity index (χ1n) is 8.90. The molecule has 0 saturated carbocycles. The van der Waals surface area contributed by atoms with Gasteiger partial charge >= 0.3 is 0 Å². The number of hydrogen-bond acceptors (Lipinski definition) is 3. The number of aryl methyl sites for hydroxylation is 1. The van der Waals surface area contributed by atoms with E-state index < -0.39 is 0 Å². The summed E-state index contributed by atoms with van der Waals surface area (Å²) in [6, 6.07) is 6.30. The van der Waals surface area contributed by atoms with Gasteiger partial charge < -0.3 is 4.90 Å². The molecule has 0 aromatic carbocycles. The molecule has 1 amide bonds. The summed E-state index contributed by atoms with van der Waals surface area (Å²) in [4.78, 5) is 18.1. The number of amides is 1. The van der Waals surface area contributed by atoms with E-state index in [4.69, 9.17) is 0 Å². The van der Waals surface area contributed by atoms with E-state index in [9.17, 15) is 4.79 Å². The molecule has 2 aromatic heterocycles. The lowest BCUT2D eigenvalue weighted by atomic mass is 9.91. The Balaban J connectivity index is 1.73. The van der Waals surface area contributed by atoms with E-state index in [1.165, 1.54) is 12.0 Å². The summed E-state index contributed by atoms with van der Waals surface area (Å²) in [5.41, 5.74) is 3.35. The molecule has 1 atom stereocenters. The minimum Gasteiger partial charge on any atom is -0.343 e. The van der Waals surface area contributed by atoms with Gasteiger partial charge in [0.1, 0.15) is 0 Å². The number of rotatable bonds is 5. The van der Waals surface area contributed by atoms with Crippen LogP contribution in [0.25, 0.3) is 11.4 Å². The summed E-state index contributed by atoms with van der Waals surface area (Å²) in [6.07, 6.45) is 8.07. The number of carbonyl (C=O) groups excluding carboxylic acids is 1. The van der Waals surface area contributed by atoms with Gasteiger partial charge in [0.25, 0.3) is 0 Å². The number of pyridine rings is 1. The molecule has 3 rings (SSSR count). The molecule has 0 aliphatic carbocycles. The molecule has 5 heteroatoms. The molecular weight excluding hydrogens is 300 g/mol. The molecule has 0 radical (unpaired) electrons. The minimum atomic E-state index is 0.193. The first kappa shape index (κ1) is 16.7. The van der Waals surface area contributed by atoms with E-state index in [1.807, 2.05) is 28.0 Å². The summed E-state index contributed by atoms with van der Waals surface area (Å²) in [7, 11) is 0. The second-order valence-corrected chi connectivity index (χ2v) is 6.67. The van der Waals surface area contributed by atoms with Crippen molar-refractivity contribution in [1.29, 1.82) is 0 Å². The number of aromatic nitrogens is 3. The van der Waals surface area contributed by atoms with E-state index in [2.05, 4.69) is 29.1 Å². The Labute approximate surface area is 143 Å². The second kappa shape index (κ2) is 7.60. The number of hydrogen-bond donors (Lipinski definition) is 0. The molecule has 1 aliphatic heterocycles. The smallest absolute Gasteiger partial charge is 0.219 e. The molecule has 0 bridgehead atoms. The van der Waals surface area contributed by atoms with Crippen LogP contribution in [0.5, 0.6) is 0 Å². The predicted octanol–water partition coefficient (Wildman–Crippen LogP) is 3.16. The molecule has 1 aliphatic rings.